The van der Waals surface area contributed by atoms with E-state index in [-0.39, 0.29) is 6.67 Å². The molecule has 0 N–H and O–H groups in total. The van der Waals surface area contributed by atoms with Gasteiger partial charge in [-0.3, -0.25) is 4.39 Å². The number of aromatic nitrogens is 2. The maximum Gasteiger partial charge on any atom is 0.159 e. The summed E-state index contributed by atoms with van der Waals surface area (Å²) in [5, 5.41) is 0. The van der Waals surface area contributed by atoms with E-state index in [0.717, 1.165) is 22.3 Å². The average molecular weight is 310 g/mol. The van der Waals surface area contributed by atoms with Gasteiger partial charge in [0.05, 0.1) is 6.67 Å². The lowest BCUT2D eigenvalue weighted by Crippen LogP contribution is -1.91. The zero-order valence-electron chi connectivity index (χ0n) is 12.5. The lowest BCUT2D eigenvalue weighted by Gasteiger charge is -2.05. The number of nitrogens with zero attached hydrogens (tertiary/aromatic N) is 2. The molecule has 0 amide bonds. The van der Waals surface area contributed by atoms with Gasteiger partial charge in [0, 0.05) is 29.9 Å². The summed E-state index contributed by atoms with van der Waals surface area (Å²) >= 11 is 0. The highest BCUT2D eigenvalue weighted by Gasteiger charge is 2.04. The Morgan fingerprint density at radius 3 is 1.78 bits per heavy atom. The third-order valence-electron chi connectivity index (χ3n) is 3.69. The molecule has 0 radical (unpaired) electrons. The van der Waals surface area contributed by atoms with E-state index in [4.69, 9.17) is 0 Å². The van der Waals surface area contributed by atoms with Crippen LogP contribution in [0.2, 0.25) is 0 Å². The first-order valence-corrected chi connectivity index (χ1v) is 7.43. The number of halogens is 2. The van der Waals surface area contributed by atoms with Gasteiger partial charge in [-0.1, -0.05) is 48.5 Å². The topological polar surface area (TPSA) is 25.8 Å². The first-order valence-electron chi connectivity index (χ1n) is 7.43. The second kappa shape index (κ2) is 7.09. The van der Waals surface area contributed by atoms with E-state index >= 15 is 0 Å². The van der Waals surface area contributed by atoms with E-state index in [9.17, 15) is 8.78 Å². The van der Waals surface area contributed by atoms with Gasteiger partial charge in [0.1, 0.15) is 6.67 Å². The van der Waals surface area contributed by atoms with Gasteiger partial charge in [-0.25, -0.2) is 14.4 Å². The van der Waals surface area contributed by atoms with Gasteiger partial charge in [0.25, 0.3) is 0 Å². The number of alkyl halides is 2. The van der Waals surface area contributed by atoms with Gasteiger partial charge in [0.2, 0.25) is 0 Å². The monoisotopic (exact) mass is 310 g/mol. The van der Waals surface area contributed by atoms with Crippen molar-refractivity contribution in [3.05, 3.63) is 72.1 Å². The summed E-state index contributed by atoms with van der Waals surface area (Å²) in [6, 6.07) is 14.8. The van der Waals surface area contributed by atoms with Crippen LogP contribution in [0.15, 0.2) is 60.9 Å². The van der Waals surface area contributed by atoms with Crippen LogP contribution in [0.3, 0.4) is 0 Å². The van der Waals surface area contributed by atoms with Gasteiger partial charge >= 0.3 is 0 Å². The van der Waals surface area contributed by atoms with Gasteiger partial charge in [-0.15, -0.1) is 0 Å². The molecule has 0 atom stereocenters. The van der Waals surface area contributed by atoms with E-state index in [1.807, 2.05) is 36.4 Å². The van der Waals surface area contributed by atoms with Crippen molar-refractivity contribution in [1.29, 1.82) is 0 Å². The standard InChI is InChI=1S/C19H16F2N2/c20-10-9-14-1-5-16(6-2-14)18-12-22-19(23-13-18)17-7-3-15(11-21)4-8-17/h1-8,12-13H,9-11H2. The molecule has 0 aliphatic rings. The smallest absolute Gasteiger partial charge is 0.159 e. The van der Waals surface area contributed by atoms with Crippen molar-refractivity contribution in [3.63, 3.8) is 0 Å². The quantitative estimate of drug-likeness (QED) is 0.677. The molecule has 3 aromatic rings. The molecule has 0 fully saturated rings. The number of aryl methyl sites for hydroxylation is 1. The largest absolute Gasteiger partial charge is 0.251 e. The highest BCUT2D eigenvalue weighted by atomic mass is 19.1. The Balaban J connectivity index is 1.80. The molecule has 0 saturated carbocycles. The molecule has 0 spiro atoms. The summed E-state index contributed by atoms with van der Waals surface area (Å²) in [7, 11) is 0. The van der Waals surface area contributed by atoms with Crippen molar-refractivity contribution in [1.82, 2.24) is 9.97 Å². The first kappa shape index (κ1) is 15.3. The zero-order valence-corrected chi connectivity index (χ0v) is 12.5. The molecule has 23 heavy (non-hydrogen) atoms. The summed E-state index contributed by atoms with van der Waals surface area (Å²) in [6.45, 7) is -0.823. The number of rotatable bonds is 5. The summed E-state index contributed by atoms with van der Waals surface area (Å²) in [6.07, 6.45) is 3.95. The summed E-state index contributed by atoms with van der Waals surface area (Å²) in [5.74, 6) is 0.605. The molecule has 0 aliphatic carbocycles. The van der Waals surface area contributed by atoms with Gasteiger partial charge in [-0.2, -0.15) is 0 Å². The van der Waals surface area contributed by atoms with Crippen LogP contribution in [0.25, 0.3) is 22.5 Å². The van der Waals surface area contributed by atoms with E-state index in [0.29, 0.717) is 17.8 Å². The molecular weight excluding hydrogens is 294 g/mol. The first-order chi connectivity index (χ1) is 11.3. The maximum atomic E-state index is 12.5. The highest BCUT2D eigenvalue weighted by Crippen LogP contribution is 2.21. The second-order valence-corrected chi connectivity index (χ2v) is 5.26. The van der Waals surface area contributed by atoms with Crippen molar-refractivity contribution < 1.29 is 8.78 Å². The number of hydrogen-bond donors (Lipinski definition) is 0. The minimum atomic E-state index is -0.474. The van der Waals surface area contributed by atoms with Crippen LogP contribution in [-0.2, 0) is 13.1 Å². The van der Waals surface area contributed by atoms with Crippen LogP contribution in [0.1, 0.15) is 11.1 Å². The normalized spacial score (nSPS) is 10.7. The molecule has 0 bridgehead atoms. The molecule has 116 valence electrons. The van der Waals surface area contributed by atoms with E-state index in [2.05, 4.69) is 9.97 Å². The van der Waals surface area contributed by atoms with Gasteiger partial charge < -0.3 is 0 Å². The van der Waals surface area contributed by atoms with E-state index in [1.54, 1.807) is 24.5 Å². The summed E-state index contributed by atoms with van der Waals surface area (Å²) in [4.78, 5) is 8.75. The van der Waals surface area contributed by atoms with Crippen LogP contribution < -0.4 is 0 Å². The molecule has 2 nitrogen and oxygen atoms in total. The van der Waals surface area contributed by atoms with Crippen molar-refractivity contribution in [2.75, 3.05) is 6.67 Å². The van der Waals surface area contributed by atoms with Gasteiger partial charge in [0.15, 0.2) is 5.82 Å². The molecule has 2 aromatic carbocycles. The average Bonchev–Trinajstić information content (AvgIpc) is 2.63. The fourth-order valence-electron chi connectivity index (χ4n) is 2.34. The van der Waals surface area contributed by atoms with Gasteiger partial charge in [-0.05, 0) is 16.7 Å². The number of hydrogen-bond acceptors (Lipinski definition) is 2. The minimum Gasteiger partial charge on any atom is -0.251 e. The molecule has 0 unspecified atom stereocenters. The lowest BCUT2D eigenvalue weighted by atomic mass is 10.1. The Kier molecular flexibility index (Phi) is 4.71. The van der Waals surface area contributed by atoms with Crippen molar-refractivity contribution in [3.8, 4) is 22.5 Å². The Hall–Kier alpha value is -2.62. The van der Waals surface area contributed by atoms with Crippen molar-refractivity contribution in [2.24, 2.45) is 0 Å². The molecule has 3 rings (SSSR count). The van der Waals surface area contributed by atoms with E-state index in [1.165, 1.54) is 0 Å². The number of benzene rings is 2. The molecule has 0 saturated heterocycles. The fourth-order valence-corrected chi connectivity index (χ4v) is 2.34. The van der Waals surface area contributed by atoms with Crippen LogP contribution in [0, 0.1) is 0 Å². The van der Waals surface area contributed by atoms with Crippen molar-refractivity contribution >= 4 is 0 Å². The third kappa shape index (κ3) is 3.59. The Bertz CT molecular complexity index is 751. The molecular formula is C19H16F2N2. The fraction of sp³-hybridized carbons (Fsp3) is 0.158. The minimum absolute atomic E-state index is 0.349. The Labute approximate surface area is 133 Å². The van der Waals surface area contributed by atoms with Crippen LogP contribution >= 0.6 is 0 Å². The predicted octanol–water partition coefficient (Wildman–Crippen LogP) is 4.79. The lowest BCUT2D eigenvalue weighted by molar-refractivity contribution is 0.485. The highest BCUT2D eigenvalue weighted by molar-refractivity contribution is 5.64. The Morgan fingerprint density at radius 2 is 1.22 bits per heavy atom. The zero-order chi connectivity index (χ0) is 16.1. The molecule has 4 heteroatoms. The molecule has 1 aromatic heterocycles. The van der Waals surface area contributed by atoms with Crippen LogP contribution in [0.5, 0.6) is 0 Å². The van der Waals surface area contributed by atoms with E-state index < -0.39 is 6.67 Å². The second-order valence-electron chi connectivity index (χ2n) is 5.26. The molecule has 1 heterocycles. The maximum absolute atomic E-state index is 12.5. The molecule has 0 aliphatic heterocycles. The van der Waals surface area contributed by atoms with Crippen LogP contribution in [-0.4, -0.2) is 16.6 Å². The van der Waals surface area contributed by atoms with Crippen molar-refractivity contribution in [2.45, 2.75) is 13.1 Å². The predicted molar refractivity (Wildman–Crippen MR) is 87.4 cm³/mol. The summed E-state index contributed by atoms with van der Waals surface area (Å²) < 4.78 is 24.8. The Morgan fingerprint density at radius 1 is 0.652 bits per heavy atom. The van der Waals surface area contributed by atoms with Crippen LogP contribution in [0.4, 0.5) is 8.78 Å². The third-order valence-corrected chi connectivity index (χ3v) is 3.69. The SMILES string of the molecule is FCCc1ccc(-c2cnc(-c3ccc(CF)cc3)nc2)cc1. The summed E-state index contributed by atoms with van der Waals surface area (Å²) in [5.41, 5.74) is 4.36.